The van der Waals surface area contributed by atoms with E-state index in [9.17, 15) is 4.79 Å². The van der Waals surface area contributed by atoms with Crippen molar-refractivity contribution in [1.29, 1.82) is 0 Å². The molecule has 0 spiro atoms. The Hall–Kier alpha value is -1.28. The molecule has 1 N–H and O–H groups in total. The van der Waals surface area contributed by atoms with Gasteiger partial charge in [-0.1, -0.05) is 24.6 Å². The van der Waals surface area contributed by atoms with Crippen LogP contribution in [0.15, 0.2) is 24.3 Å². The maximum absolute atomic E-state index is 10.8. The Morgan fingerprint density at radius 3 is 3.00 bits per heavy atom. The van der Waals surface area contributed by atoms with Gasteiger partial charge in [-0.3, -0.25) is 0 Å². The molecular weight excluding hydrogens is 224 g/mol. The van der Waals surface area contributed by atoms with Gasteiger partial charge in [-0.05, 0) is 47.6 Å². The van der Waals surface area contributed by atoms with Crippen molar-refractivity contribution in [2.24, 2.45) is 5.92 Å². The maximum atomic E-state index is 10.8. The summed E-state index contributed by atoms with van der Waals surface area (Å²) >= 11 is 5.95. The van der Waals surface area contributed by atoms with E-state index in [1.165, 1.54) is 11.6 Å². The van der Waals surface area contributed by atoms with E-state index in [0.717, 1.165) is 24.0 Å². The number of aryl methyl sites for hydroxylation is 1. The van der Waals surface area contributed by atoms with E-state index in [2.05, 4.69) is 6.92 Å². The number of aliphatic carboxylic acids is 1. The molecule has 84 valence electrons. The Labute approximate surface area is 99.5 Å². The molecule has 0 heterocycles. The highest BCUT2D eigenvalue weighted by Gasteiger charge is 2.21. The Balaban J connectivity index is 2.55. The first-order valence-corrected chi connectivity index (χ1v) is 5.69. The maximum Gasteiger partial charge on any atom is 0.328 e. The van der Waals surface area contributed by atoms with E-state index in [1.54, 1.807) is 0 Å². The van der Waals surface area contributed by atoms with E-state index >= 15 is 0 Å². The first kappa shape index (κ1) is 11.2. The first-order valence-electron chi connectivity index (χ1n) is 5.31. The lowest BCUT2D eigenvalue weighted by Crippen LogP contribution is -2.11. The second kappa shape index (κ2) is 4.30. The lowest BCUT2D eigenvalue weighted by molar-refractivity contribution is -0.131. The van der Waals surface area contributed by atoms with Crippen molar-refractivity contribution in [2.45, 2.75) is 19.8 Å². The van der Waals surface area contributed by atoms with E-state index < -0.39 is 5.97 Å². The fraction of sp³-hybridized carbons (Fsp3) is 0.308. The smallest absolute Gasteiger partial charge is 0.328 e. The fourth-order valence-corrected chi connectivity index (χ4v) is 2.35. The second-order valence-electron chi connectivity index (χ2n) is 4.18. The average Bonchev–Trinajstić information content (AvgIpc) is 2.22. The molecule has 0 aromatic heterocycles. The number of fused-ring (bicyclic) bond motifs is 1. The lowest BCUT2D eigenvalue weighted by atomic mass is 9.80. The number of hydrogen-bond acceptors (Lipinski definition) is 1. The number of hydrogen-bond donors (Lipinski definition) is 1. The van der Waals surface area contributed by atoms with Gasteiger partial charge in [0.15, 0.2) is 0 Å². The molecule has 0 fully saturated rings. The number of carboxylic acid groups (broad SMARTS) is 1. The molecule has 3 heteroatoms. The third-order valence-electron chi connectivity index (χ3n) is 3.04. The zero-order valence-electron chi connectivity index (χ0n) is 9.03. The molecule has 2 nitrogen and oxygen atoms in total. The molecule has 1 aliphatic carbocycles. The summed E-state index contributed by atoms with van der Waals surface area (Å²) in [5.74, 6) is -0.614. The van der Waals surface area contributed by atoms with E-state index in [0.29, 0.717) is 5.02 Å². The quantitative estimate of drug-likeness (QED) is 0.759. The lowest BCUT2D eigenvalue weighted by Gasteiger charge is -2.24. The normalized spacial score (nSPS) is 21.9. The standard InChI is InChI=1S/C13H13ClO2/c1-8-2-3-9-4-5-10(14)6-12(9)11(8)7-13(15)16/h4-8H,2-3H2,1H3,(H,15,16)/b11-7+. The SMILES string of the molecule is CC1CCc2ccc(Cl)cc2/C1=C/C(=O)O. The molecular formula is C13H13ClO2. The van der Waals surface area contributed by atoms with Crippen molar-refractivity contribution in [3.63, 3.8) is 0 Å². The van der Waals surface area contributed by atoms with Gasteiger partial charge in [0.1, 0.15) is 0 Å². The summed E-state index contributed by atoms with van der Waals surface area (Å²) in [6.45, 7) is 2.05. The van der Waals surface area contributed by atoms with Crippen molar-refractivity contribution in [1.82, 2.24) is 0 Å². The summed E-state index contributed by atoms with van der Waals surface area (Å²) in [6.07, 6.45) is 3.29. The summed E-state index contributed by atoms with van der Waals surface area (Å²) in [7, 11) is 0. The van der Waals surface area contributed by atoms with Gasteiger partial charge >= 0.3 is 5.97 Å². The van der Waals surface area contributed by atoms with Crippen molar-refractivity contribution >= 4 is 23.1 Å². The van der Waals surface area contributed by atoms with Crippen molar-refractivity contribution in [3.8, 4) is 0 Å². The van der Waals surface area contributed by atoms with Crippen LogP contribution in [0.4, 0.5) is 0 Å². The highest BCUT2D eigenvalue weighted by Crippen LogP contribution is 2.36. The number of rotatable bonds is 1. The van der Waals surface area contributed by atoms with Crippen LogP contribution in [-0.2, 0) is 11.2 Å². The monoisotopic (exact) mass is 236 g/mol. The third kappa shape index (κ3) is 2.12. The zero-order chi connectivity index (χ0) is 11.7. The second-order valence-corrected chi connectivity index (χ2v) is 4.62. The molecule has 1 atom stereocenters. The molecule has 0 radical (unpaired) electrons. The summed E-state index contributed by atoms with van der Waals surface area (Å²) in [6, 6.07) is 5.70. The van der Waals surface area contributed by atoms with Gasteiger partial charge in [-0.15, -0.1) is 0 Å². The summed E-state index contributed by atoms with van der Waals surface area (Å²) < 4.78 is 0. The number of allylic oxidation sites excluding steroid dienone is 1. The Bertz CT molecular complexity index is 463. The fourth-order valence-electron chi connectivity index (χ4n) is 2.18. The number of carbonyl (C=O) groups is 1. The minimum Gasteiger partial charge on any atom is -0.478 e. The Morgan fingerprint density at radius 1 is 1.56 bits per heavy atom. The largest absolute Gasteiger partial charge is 0.478 e. The molecule has 1 aromatic carbocycles. The van der Waals surface area contributed by atoms with Gasteiger partial charge in [0.05, 0.1) is 0 Å². The van der Waals surface area contributed by atoms with Crippen LogP contribution in [0.2, 0.25) is 5.02 Å². The van der Waals surface area contributed by atoms with Crippen LogP contribution in [0.5, 0.6) is 0 Å². The van der Waals surface area contributed by atoms with Gasteiger partial charge in [-0.25, -0.2) is 4.79 Å². The van der Waals surface area contributed by atoms with Crippen LogP contribution >= 0.6 is 11.6 Å². The summed E-state index contributed by atoms with van der Waals surface area (Å²) in [5, 5.41) is 9.53. The van der Waals surface area contributed by atoms with E-state index in [-0.39, 0.29) is 5.92 Å². The van der Waals surface area contributed by atoms with Crippen molar-refractivity contribution in [2.75, 3.05) is 0 Å². The van der Waals surface area contributed by atoms with Gasteiger partial charge in [0.25, 0.3) is 0 Å². The first-order chi connectivity index (χ1) is 7.58. The molecule has 0 aliphatic heterocycles. The Kier molecular flexibility index (Phi) is 3.01. The van der Waals surface area contributed by atoms with Crippen LogP contribution in [0.25, 0.3) is 5.57 Å². The molecule has 0 saturated carbocycles. The molecule has 0 saturated heterocycles. The topological polar surface area (TPSA) is 37.3 Å². The molecule has 2 rings (SSSR count). The van der Waals surface area contributed by atoms with Gasteiger partial charge < -0.3 is 5.11 Å². The predicted molar refractivity (Wildman–Crippen MR) is 64.5 cm³/mol. The van der Waals surface area contributed by atoms with E-state index in [4.69, 9.17) is 16.7 Å². The summed E-state index contributed by atoms with van der Waals surface area (Å²) in [5.41, 5.74) is 3.07. The van der Waals surface area contributed by atoms with Crippen LogP contribution in [0.1, 0.15) is 24.5 Å². The molecule has 0 bridgehead atoms. The minimum atomic E-state index is -0.894. The van der Waals surface area contributed by atoms with Gasteiger partial charge in [0, 0.05) is 11.1 Å². The van der Waals surface area contributed by atoms with Crippen LogP contribution in [0, 0.1) is 5.92 Å². The molecule has 1 unspecified atom stereocenters. The molecule has 0 amide bonds. The highest BCUT2D eigenvalue weighted by molar-refractivity contribution is 6.30. The molecule has 1 aromatic rings. The van der Waals surface area contributed by atoms with Crippen molar-refractivity contribution in [3.05, 3.63) is 40.4 Å². The number of halogens is 1. The molecule has 1 aliphatic rings. The average molecular weight is 237 g/mol. The van der Waals surface area contributed by atoms with Crippen molar-refractivity contribution < 1.29 is 9.90 Å². The zero-order valence-corrected chi connectivity index (χ0v) is 9.79. The Morgan fingerprint density at radius 2 is 2.31 bits per heavy atom. The van der Waals surface area contributed by atoms with Crippen LogP contribution < -0.4 is 0 Å². The molecule has 16 heavy (non-hydrogen) atoms. The number of benzene rings is 1. The minimum absolute atomic E-state index is 0.280. The van der Waals surface area contributed by atoms with E-state index in [1.807, 2.05) is 18.2 Å². The van der Waals surface area contributed by atoms with Gasteiger partial charge in [-0.2, -0.15) is 0 Å². The van der Waals surface area contributed by atoms with Crippen LogP contribution in [0.3, 0.4) is 0 Å². The number of carboxylic acids is 1. The van der Waals surface area contributed by atoms with Gasteiger partial charge in [0.2, 0.25) is 0 Å². The van der Waals surface area contributed by atoms with Crippen LogP contribution in [-0.4, -0.2) is 11.1 Å². The predicted octanol–water partition coefficient (Wildman–Crippen LogP) is 3.39. The summed E-state index contributed by atoms with van der Waals surface area (Å²) in [4.78, 5) is 10.8. The third-order valence-corrected chi connectivity index (χ3v) is 3.27. The highest BCUT2D eigenvalue weighted by atomic mass is 35.5.